The number of fused-ring (bicyclic) bond motifs is 1. The molecule has 10 heteroatoms. The van der Waals surface area contributed by atoms with Gasteiger partial charge in [0.05, 0.1) is 41.4 Å². The number of rotatable bonds is 7. The molecule has 1 aliphatic heterocycles. The zero-order chi connectivity index (χ0) is 24.5. The molecule has 0 bridgehead atoms. The van der Waals surface area contributed by atoms with Crippen LogP contribution in [0.2, 0.25) is 0 Å². The van der Waals surface area contributed by atoms with Crippen molar-refractivity contribution in [2.45, 2.75) is 6.10 Å². The average molecular weight is 499 g/mol. The highest BCUT2D eigenvalue weighted by molar-refractivity contribution is 7.18. The molecule has 0 saturated carbocycles. The van der Waals surface area contributed by atoms with Crippen molar-refractivity contribution in [2.75, 3.05) is 29.6 Å². The van der Waals surface area contributed by atoms with Crippen LogP contribution in [0.15, 0.2) is 79.3 Å². The van der Waals surface area contributed by atoms with Crippen LogP contribution in [0.25, 0.3) is 16.2 Å². The summed E-state index contributed by atoms with van der Waals surface area (Å²) >= 11 is 1.51. The third-order valence-electron chi connectivity index (χ3n) is 5.77. The van der Waals surface area contributed by atoms with Gasteiger partial charge in [-0.2, -0.15) is 0 Å². The van der Waals surface area contributed by atoms with E-state index >= 15 is 0 Å². The maximum absolute atomic E-state index is 12.6. The highest BCUT2D eigenvalue weighted by Gasteiger charge is 2.22. The number of nitrogens with one attached hydrogen (secondary N) is 2. The first-order valence-electron chi connectivity index (χ1n) is 11.3. The Bertz CT molecular complexity index is 1540. The number of benzene rings is 2. The first-order chi connectivity index (χ1) is 17.6. The second kappa shape index (κ2) is 9.33. The lowest BCUT2D eigenvalue weighted by Gasteiger charge is -2.26. The molecular weight excluding hydrogens is 476 g/mol. The van der Waals surface area contributed by atoms with Gasteiger partial charge in [-0.15, -0.1) is 0 Å². The number of nitrogens with zero attached hydrogens (tertiary/aromatic N) is 3. The van der Waals surface area contributed by atoms with Gasteiger partial charge in [-0.25, -0.2) is 9.97 Å². The Morgan fingerprint density at radius 2 is 1.89 bits per heavy atom. The summed E-state index contributed by atoms with van der Waals surface area (Å²) in [5.74, 6) is 0.510. The fraction of sp³-hybridized carbons (Fsp3) is 0.115. The lowest BCUT2D eigenvalue weighted by atomic mass is 10.2. The number of aromatic nitrogens is 3. The normalized spacial score (nSPS) is 13.3. The van der Waals surface area contributed by atoms with Gasteiger partial charge in [0.1, 0.15) is 6.10 Å². The Labute approximate surface area is 210 Å². The topological polar surface area (TPSA) is 116 Å². The van der Waals surface area contributed by atoms with Gasteiger partial charge in [-0.05, 0) is 48.5 Å². The van der Waals surface area contributed by atoms with Gasteiger partial charge in [-0.1, -0.05) is 23.5 Å². The van der Waals surface area contributed by atoms with Crippen LogP contribution in [0.3, 0.4) is 0 Å². The van der Waals surface area contributed by atoms with Crippen LogP contribution in [0.1, 0.15) is 10.4 Å². The van der Waals surface area contributed by atoms with E-state index in [2.05, 4.69) is 20.6 Å². The van der Waals surface area contributed by atoms with Crippen LogP contribution in [0.5, 0.6) is 5.75 Å². The molecule has 2 aromatic carbocycles. The summed E-state index contributed by atoms with van der Waals surface area (Å²) in [6, 6.07) is 18.2. The smallest absolute Gasteiger partial charge is 0.255 e. The molecule has 1 amide bonds. The number of imidazole rings is 1. The van der Waals surface area contributed by atoms with Crippen LogP contribution in [-0.2, 0) is 4.74 Å². The molecule has 5 aromatic rings. The van der Waals surface area contributed by atoms with Gasteiger partial charge in [0.2, 0.25) is 0 Å². The number of carbonyl (C=O) groups is 1. The minimum Gasteiger partial charge on any atom is -0.482 e. The van der Waals surface area contributed by atoms with Gasteiger partial charge in [-0.3, -0.25) is 9.20 Å². The second-order valence-corrected chi connectivity index (χ2v) is 9.29. The Morgan fingerprint density at radius 1 is 1.06 bits per heavy atom. The number of amides is 1. The lowest BCUT2D eigenvalue weighted by Crippen LogP contribution is -2.38. The van der Waals surface area contributed by atoms with Crippen LogP contribution in [0.4, 0.5) is 22.2 Å². The van der Waals surface area contributed by atoms with Gasteiger partial charge >= 0.3 is 0 Å². The first-order valence-corrected chi connectivity index (χ1v) is 12.2. The van der Waals surface area contributed by atoms with Gasteiger partial charge in [0, 0.05) is 23.6 Å². The van der Waals surface area contributed by atoms with Crippen molar-refractivity contribution < 1.29 is 14.3 Å². The Morgan fingerprint density at radius 3 is 2.67 bits per heavy atom. The molecule has 9 nitrogen and oxygen atoms in total. The van der Waals surface area contributed by atoms with Crippen molar-refractivity contribution in [3.63, 3.8) is 0 Å². The number of pyridine rings is 1. The summed E-state index contributed by atoms with van der Waals surface area (Å²) < 4.78 is 13.2. The van der Waals surface area contributed by atoms with E-state index in [4.69, 9.17) is 15.2 Å². The summed E-state index contributed by atoms with van der Waals surface area (Å²) in [7, 11) is 0. The van der Waals surface area contributed by atoms with E-state index in [-0.39, 0.29) is 12.0 Å². The van der Waals surface area contributed by atoms with Crippen LogP contribution < -0.4 is 21.1 Å². The number of nitrogens with two attached hydrogens (primary N) is 1. The number of para-hydroxylation sites is 2. The zero-order valence-corrected chi connectivity index (χ0v) is 19.9. The molecule has 0 unspecified atom stereocenters. The molecule has 1 fully saturated rings. The number of ether oxygens (including phenoxy) is 2. The molecule has 4 N–H and O–H groups in total. The summed E-state index contributed by atoms with van der Waals surface area (Å²) in [4.78, 5) is 22.6. The quantitative estimate of drug-likeness (QED) is 0.276. The maximum atomic E-state index is 12.6. The monoisotopic (exact) mass is 498 g/mol. The van der Waals surface area contributed by atoms with E-state index in [1.54, 1.807) is 24.3 Å². The third kappa shape index (κ3) is 4.35. The standard InChI is InChI=1S/C26H22N6O3S/c27-19-4-1-2-5-20(19)31-25(33)16-7-9-17(10-8-16)30-26-29-13-23(36-26)21-12-28-24-22(6-3-11-32(21)24)35-18-14-34-15-18/h1-13,18H,14-15,27H2,(H,29,30)(H,31,33). The molecule has 3 aromatic heterocycles. The fourth-order valence-corrected chi connectivity index (χ4v) is 4.65. The summed E-state index contributed by atoms with van der Waals surface area (Å²) in [6.45, 7) is 1.21. The molecule has 0 aliphatic carbocycles. The van der Waals surface area contributed by atoms with E-state index in [1.807, 2.05) is 59.4 Å². The third-order valence-corrected chi connectivity index (χ3v) is 6.70. The lowest BCUT2D eigenvalue weighted by molar-refractivity contribution is -0.0792. The number of thiazole rings is 1. The number of carbonyl (C=O) groups excluding carboxylic acids is 1. The summed E-state index contributed by atoms with van der Waals surface area (Å²) in [5, 5.41) is 6.86. The van der Waals surface area contributed by atoms with E-state index in [0.717, 1.165) is 32.8 Å². The Hall–Kier alpha value is -4.41. The van der Waals surface area contributed by atoms with Gasteiger partial charge in [0.25, 0.3) is 5.91 Å². The van der Waals surface area contributed by atoms with Crippen molar-refractivity contribution in [3.05, 3.63) is 84.8 Å². The maximum Gasteiger partial charge on any atom is 0.255 e. The predicted octanol–water partition coefficient (Wildman–Crippen LogP) is 4.81. The van der Waals surface area contributed by atoms with Crippen LogP contribution in [0, 0.1) is 0 Å². The summed E-state index contributed by atoms with van der Waals surface area (Å²) in [5.41, 5.74) is 10.1. The highest BCUT2D eigenvalue weighted by atomic mass is 32.1. The molecule has 0 atom stereocenters. The van der Waals surface area contributed by atoms with E-state index in [1.165, 1.54) is 11.3 Å². The summed E-state index contributed by atoms with van der Waals surface area (Å²) in [6.07, 6.45) is 5.67. The van der Waals surface area contributed by atoms with E-state index in [9.17, 15) is 4.79 Å². The molecule has 0 radical (unpaired) electrons. The number of anilines is 4. The van der Waals surface area contributed by atoms with Crippen molar-refractivity contribution >= 4 is 45.1 Å². The minimum absolute atomic E-state index is 0.0736. The molecular formula is C26H22N6O3S. The number of hydrogen-bond acceptors (Lipinski definition) is 8. The van der Waals surface area contributed by atoms with Gasteiger partial charge < -0.3 is 25.8 Å². The first kappa shape index (κ1) is 22.1. The number of hydrogen-bond donors (Lipinski definition) is 3. The van der Waals surface area contributed by atoms with E-state index in [0.29, 0.717) is 30.2 Å². The second-order valence-electron chi connectivity index (χ2n) is 8.26. The molecule has 1 saturated heterocycles. The fourth-order valence-electron chi connectivity index (χ4n) is 3.81. The predicted molar refractivity (Wildman–Crippen MR) is 140 cm³/mol. The zero-order valence-electron chi connectivity index (χ0n) is 19.0. The minimum atomic E-state index is -0.225. The van der Waals surface area contributed by atoms with Crippen molar-refractivity contribution in [3.8, 4) is 16.3 Å². The van der Waals surface area contributed by atoms with Crippen LogP contribution >= 0.6 is 11.3 Å². The molecule has 0 spiro atoms. The van der Waals surface area contributed by atoms with Crippen molar-refractivity contribution in [1.82, 2.24) is 14.4 Å². The average Bonchev–Trinajstić information content (AvgIpc) is 3.50. The molecule has 4 heterocycles. The highest BCUT2D eigenvalue weighted by Crippen LogP contribution is 2.33. The van der Waals surface area contributed by atoms with Crippen LogP contribution in [-0.4, -0.2) is 39.6 Å². The molecule has 6 rings (SSSR count). The largest absolute Gasteiger partial charge is 0.482 e. The van der Waals surface area contributed by atoms with Crippen molar-refractivity contribution in [1.29, 1.82) is 0 Å². The molecule has 180 valence electrons. The van der Waals surface area contributed by atoms with Gasteiger partial charge in [0.15, 0.2) is 16.5 Å². The Balaban J connectivity index is 1.15. The van der Waals surface area contributed by atoms with E-state index < -0.39 is 0 Å². The molecule has 36 heavy (non-hydrogen) atoms. The Kier molecular flexibility index (Phi) is 5.72. The molecule has 1 aliphatic rings. The van der Waals surface area contributed by atoms with Crippen molar-refractivity contribution in [2.24, 2.45) is 0 Å². The SMILES string of the molecule is Nc1ccccc1NC(=O)c1ccc(Nc2ncc(-c3cnc4c(OC5COC5)cccn34)s2)cc1. The number of nitrogen functional groups attached to an aromatic ring is 1.